The number of likely N-dealkylation sites (tertiary alicyclic amines) is 1. The summed E-state index contributed by atoms with van der Waals surface area (Å²) in [6.07, 6.45) is 4.99. The molecule has 160 valence electrons. The molecular formula is C20H36IN5OS. The van der Waals surface area contributed by atoms with Gasteiger partial charge in [-0.15, -0.1) is 35.3 Å². The Bertz CT molecular complexity index is 626. The van der Waals surface area contributed by atoms with Crippen LogP contribution in [0.3, 0.4) is 0 Å². The lowest BCUT2D eigenvalue weighted by Gasteiger charge is -2.20. The molecule has 0 unspecified atom stereocenters. The minimum absolute atomic E-state index is 0. The Kier molecular flexibility index (Phi) is 11.3. The van der Waals surface area contributed by atoms with Crippen LogP contribution in [0.25, 0.3) is 0 Å². The second kappa shape index (κ2) is 12.6. The smallest absolute Gasteiger partial charge is 0.222 e. The number of hydrogen-bond acceptors (Lipinski definition) is 4. The van der Waals surface area contributed by atoms with Gasteiger partial charge in [0.2, 0.25) is 5.91 Å². The molecule has 1 aromatic heterocycles. The number of hydrogen-bond donors (Lipinski definition) is 2. The van der Waals surface area contributed by atoms with Crippen molar-refractivity contribution in [3.8, 4) is 0 Å². The van der Waals surface area contributed by atoms with Gasteiger partial charge in [0.05, 0.1) is 17.2 Å². The molecular weight excluding hydrogens is 485 g/mol. The van der Waals surface area contributed by atoms with Crippen LogP contribution in [-0.4, -0.2) is 47.9 Å². The van der Waals surface area contributed by atoms with E-state index in [2.05, 4.69) is 48.7 Å². The molecule has 2 rings (SSSR count). The number of nitrogens with one attached hydrogen (secondary N) is 2. The van der Waals surface area contributed by atoms with E-state index in [1.54, 1.807) is 11.3 Å². The maximum Gasteiger partial charge on any atom is 0.222 e. The lowest BCUT2D eigenvalue weighted by atomic mass is 9.98. The van der Waals surface area contributed by atoms with Crippen molar-refractivity contribution in [2.24, 2.45) is 4.99 Å². The fraction of sp³-hybridized carbons (Fsp3) is 0.750. The molecule has 1 aliphatic heterocycles. The van der Waals surface area contributed by atoms with Crippen molar-refractivity contribution in [1.29, 1.82) is 0 Å². The van der Waals surface area contributed by atoms with Gasteiger partial charge in [0.25, 0.3) is 0 Å². The van der Waals surface area contributed by atoms with Crippen LogP contribution in [-0.2, 0) is 16.8 Å². The third-order valence-electron chi connectivity index (χ3n) is 4.51. The third-order valence-corrected chi connectivity index (χ3v) is 5.82. The highest BCUT2D eigenvalue weighted by Crippen LogP contribution is 2.25. The second-order valence-electron chi connectivity index (χ2n) is 8.06. The molecule has 8 heteroatoms. The number of aromatic nitrogens is 1. The van der Waals surface area contributed by atoms with E-state index in [9.17, 15) is 4.79 Å². The van der Waals surface area contributed by atoms with E-state index in [-0.39, 0.29) is 29.4 Å². The van der Waals surface area contributed by atoms with Crippen molar-refractivity contribution in [2.45, 2.75) is 71.8 Å². The first kappa shape index (κ1) is 25.1. The summed E-state index contributed by atoms with van der Waals surface area (Å²) in [7, 11) is 0. The van der Waals surface area contributed by atoms with Crippen LogP contribution in [0.5, 0.6) is 0 Å². The number of rotatable bonds is 7. The monoisotopic (exact) mass is 521 g/mol. The zero-order valence-corrected chi connectivity index (χ0v) is 20.9. The minimum atomic E-state index is 0. The predicted molar refractivity (Wildman–Crippen MR) is 129 cm³/mol. The van der Waals surface area contributed by atoms with Gasteiger partial charge in [-0.1, -0.05) is 27.2 Å². The first-order chi connectivity index (χ1) is 12.9. The summed E-state index contributed by atoms with van der Waals surface area (Å²) in [4.78, 5) is 23.4. The Labute approximate surface area is 191 Å². The lowest BCUT2D eigenvalue weighted by Crippen LogP contribution is -2.39. The van der Waals surface area contributed by atoms with E-state index in [0.717, 1.165) is 62.1 Å². The highest BCUT2D eigenvalue weighted by Gasteiger charge is 2.18. The van der Waals surface area contributed by atoms with Crippen LogP contribution in [0, 0.1) is 0 Å². The maximum absolute atomic E-state index is 12.0. The molecule has 0 bridgehead atoms. The molecule has 0 saturated carbocycles. The van der Waals surface area contributed by atoms with Crippen molar-refractivity contribution in [3.05, 3.63) is 16.1 Å². The van der Waals surface area contributed by atoms with Gasteiger partial charge in [0.15, 0.2) is 5.96 Å². The number of carbonyl (C=O) groups is 1. The molecule has 0 aromatic carbocycles. The molecule has 0 spiro atoms. The highest BCUT2D eigenvalue weighted by molar-refractivity contribution is 14.0. The Hall–Kier alpha value is -0.900. The second-order valence-corrected chi connectivity index (χ2v) is 8.92. The van der Waals surface area contributed by atoms with Gasteiger partial charge in [-0.25, -0.2) is 9.98 Å². The summed E-state index contributed by atoms with van der Waals surface area (Å²) >= 11 is 1.70. The fourth-order valence-electron chi connectivity index (χ4n) is 2.98. The summed E-state index contributed by atoms with van der Waals surface area (Å²) in [6.45, 7) is 12.5. The van der Waals surface area contributed by atoms with Crippen molar-refractivity contribution in [1.82, 2.24) is 20.5 Å². The first-order valence-electron chi connectivity index (χ1n) is 10.1. The Morgan fingerprint density at radius 1 is 1.29 bits per heavy atom. The molecule has 0 aliphatic carbocycles. The first-order valence-corrected chi connectivity index (χ1v) is 11.0. The molecule has 1 saturated heterocycles. The Morgan fingerprint density at radius 2 is 2.07 bits per heavy atom. The number of thiazole rings is 1. The van der Waals surface area contributed by atoms with Crippen molar-refractivity contribution in [3.63, 3.8) is 0 Å². The van der Waals surface area contributed by atoms with Crippen LogP contribution in [0.15, 0.2) is 10.4 Å². The lowest BCUT2D eigenvalue weighted by molar-refractivity contribution is -0.130. The summed E-state index contributed by atoms with van der Waals surface area (Å²) in [5.41, 5.74) is 1.09. The molecule has 6 nitrogen and oxygen atoms in total. The average Bonchev–Trinajstić information content (AvgIpc) is 3.01. The topological polar surface area (TPSA) is 69.6 Å². The number of aliphatic imine (C=N–C) groups is 1. The number of carbonyl (C=O) groups excluding carboxylic acids is 1. The van der Waals surface area contributed by atoms with Gasteiger partial charge >= 0.3 is 0 Å². The van der Waals surface area contributed by atoms with Crippen LogP contribution in [0.4, 0.5) is 0 Å². The highest BCUT2D eigenvalue weighted by atomic mass is 127. The summed E-state index contributed by atoms with van der Waals surface area (Å²) < 4.78 is 0. The van der Waals surface area contributed by atoms with Gasteiger partial charge in [-0.2, -0.15) is 0 Å². The minimum Gasteiger partial charge on any atom is -0.357 e. The maximum atomic E-state index is 12.0. The SMILES string of the molecule is CCNC(=NCc1csc(C(C)(C)C)n1)NCCCN1CCCCCC1=O.I. The summed E-state index contributed by atoms with van der Waals surface area (Å²) in [6, 6.07) is 0. The molecule has 2 heterocycles. The Morgan fingerprint density at radius 3 is 2.75 bits per heavy atom. The van der Waals surface area contributed by atoms with Crippen LogP contribution >= 0.6 is 35.3 Å². The van der Waals surface area contributed by atoms with Gasteiger partial charge in [-0.3, -0.25) is 4.79 Å². The van der Waals surface area contributed by atoms with Gasteiger partial charge < -0.3 is 15.5 Å². The molecule has 1 amide bonds. The van der Waals surface area contributed by atoms with Gasteiger partial charge in [-0.05, 0) is 26.2 Å². The van der Waals surface area contributed by atoms with E-state index in [1.807, 2.05) is 4.90 Å². The quantitative estimate of drug-likeness (QED) is 0.247. The van der Waals surface area contributed by atoms with Crippen molar-refractivity contribution in [2.75, 3.05) is 26.2 Å². The van der Waals surface area contributed by atoms with Crippen LogP contribution < -0.4 is 10.6 Å². The number of amides is 1. The van der Waals surface area contributed by atoms with E-state index in [4.69, 9.17) is 4.98 Å². The Balaban J connectivity index is 0.00000392. The van der Waals surface area contributed by atoms with Crippen molar-refractivity contribution < 1.29 is 4.79 Å². The number of guanidine groups is 1. The van der Waals surface area contributed by atoms with Gasteiger partial charge in [0, 0.05) is 43.4 Å². The number of halogens is 1. The summed E-state index contributed by atoms with van der Waals surface area (Å²) in [5.74, 6) is 1.12. The van der Waals surface area contributed by atoms with E-state index >= 15 is 0 Å². The fourth-order valence-corrected chi connectivity index (χ4v) is 3.88. The third kappa shape index (κ3) is 8.63. The van der Waals surface area contributed by atoms with E-state index < -0.39 is 0 Å². The van der Waals surface area contributed by atoms with Crippen LogP contribution in [0.2, 0.25) is 0 Å². The molecule has 28 heavy (non-hydrogen) atoms. The van der Waals surface area contributed by atoms with E-state index in [0.29, 0.717) is 18.9 Å². The van der Waals surface area contributed by atoms with Gasteiger partial charge in [0.1, 0.15) is 0 Å². The molecule has 1 fully saturated rings. The molecule has 1 aliphatic rings. The number of nitrogens with zero attached hydrogens (tertiary/aromatic N) is 3. The van der Waals surface area contributed by atoms with Crippen LogP contribution in [0.1, 0.15) is 70.5 Å². The molecule has 2 N–H and O–H groups in total. The normalized spacial score (nSPS) is 15.8. The zero-order valence-electron chi connectivity index (χ0n) is 17.7. The zero-order chi connectivity index (χ0) is 19.7. The predicted octanol–water partition coefficient (Wildman–Crippen LogP) is 3.91. The van der Waals surface area contributed by atoms with E-state index in [1.165, 1.54) is 6.42 Å². The molecule has 0 radical (unpaired) electrons. The standard InChI is InChI=1S/C20H35N5OS.HI/c1-5-21-19(23-14-16-15-27-18(24-16)20(2,3)4)22-11-9-13-25-12-8-6-7-10-17(25)26;/h15H,5-14H2,1-4H3,(H2,21,22,23);1H. The molecule has 1 aromatic rings. The largest absolute Gasteiger partial charge is 0.357 e. The van der Waals surface area contributed by atoms with Crippen molar-refractivity contribution >= 4 is 47.2 Å². The average molecular weight is 522 g/mol. The summed E-state index contributed by atoms with van der Waals surface area (Å²) in [5, 5.41) is 9.90. The molecule has 0 atom stereocenters.